The molecular weight excluding hydrogens is 246 g/mol. The molecule has 0 aromatic heterocycles. The number of aliphatic hydroxyl groups is 1. The molecule has 3 unspecified atom stereocenters. The molecule has 1 N–H and O–H groups in total. The molecule has 1 aliphatic carbocycles. The lowest BCUT2D eigenvalue weighted by Gasteiger charge is -2.50. The van der Waals surface area contributed by atoms with E-state index in [1.807, 2.05) is 0 Å². The third kappa shape index (κ3) is 3.57. The number of hydrogen-bond donors (Lipinski definition) is 1. The third-order valence-electron chi connectivity index (χ3n) is 5.83. The Morgan fingerprint density at radius 2 is 1.40 bits per heavy atom. The highest BCUT2D eigenvalue weighted by atomic mass is 16.3. The van der Waals surface area contributed by atoms with Crippen LogP contribution in [0.4, 0.5) is 0 Å². The van der Waals surface area contributed by atoms with Gasteiger partial charge in [-0.3, -0.25) is 4.90 Å². The van der Waals surface area contributed by atoms with E-state index in [2.05, 4.69) is 46.4 Å². The van der Waals surface area contributed by atoms with Crippen molar-refractivity contribution in [3.05, 3.63) is 0 Å². The van der Waals surface area contributed by atoms with Crippen LogP contribution in [0.15, 0.2) is 0 Å². The molecule has 0 spiro atoms. The van der Waals surface area contributed by atoms with E-state index in [4.69, 9.17) is 0 Å². The highest BCUT2D eigenvalue weighted by Gasteiger charge is 2.44. The maximum absolute atomic E-state index is 11.2. The average Bonchev–Trinajstić information content (AvgIpc) is 2.43. The second-order valence-corrected chi connectivity index (χ2v) is 7.11. The molecule has 2 heteroatoms. The van der Waals surface area contributed by atoms with Gasteiger partial charge in [0.2, 0.25) is 0 Å². The first-order valence-corrected chi connectivity index (χ1v) is 8.88. The van der Waals surface area contributed by atoms with E-state index in [0.717, 1.165) is 37.8 Å². The van der Waals surface area contributed by atoms with Crippen LogP contribution >= 0.6 is 0 Å². The smallest absolute Gasteiger partial charge is 0.0751 e. The van der Waals surface area contributed by atoms with Crippen molar-refractivity contribution in [3.8, 4) is 0 Å². The van der Waals surface area contributed by atoms with Crippen LogP contribution in [0.3, 0.4) is 0 Å². The zero-order valence-corrected chi connectivity index (χ0v) is 14.7. The lowest BCUT2D eigenvalue weighted by atomic mass is 9.68. The maximum Gasteiger partial charge on any atom is 0.0751 e. The van der Waals surface area contributed by atoms with Gasteiger partial charge in [-0.2, -0.15) is 0 Å². The van der Waals surface area contributed by atoms with E-state index in [0.29, 0.717) is 5.92 Å². The Morgan fingerprint density at radius 1 is 0.950 bits per heavy atom. The van der Waals surface area contributed by atoms with Crippen LogP contribution in [0.1, 0.15) is 73.6 Å². The largest absolute Gasteiger partial charge is 0.391 e. The summed E-state index contributed by atoms with van der Waals surface area (Å²) in [4.78, 5) is 2.50. The van der Waals surface area contributed by atoms with E-state index in [1.54, 1.807) is 0 Å². The van der Waals surface area contributed by atoms with Crippen molar-refractivity contribution in [1.29, 1.82) is 0 Å². The summed E-state index contributed by atoms with van der Waals surface area (Å²) < 4.78 is 0. The van der Waals surface area contributed by atoms with Gasteiger partial charge in [-0.15, -0.1) is 0 Å². The molecule has 0 aromatic carbocycles. The van der Waals surface area contributed by atoms with Gasteiger partial charge in [-0.25, -0.2) is 0 Å². The maximum atomic E-state index is 11.2. The summed E-state index contributed by atoms with van der Waals surface area (Å²) >= 11 is 0. The van der Waals surface area contributed by atoms with Crippen LogP contribution in [-0.2, 0) is 0 Å². The minimum absolute atomic E-state index is 0.0229. The summed E-state index contributed by atoms with van der Waals surface area (Å²) in [5.74, 6) is 2.01. The quantitative estimate of drug-likeness (QED) is 0.752. The summed E-state index contributed by atoms with van der Waals surface area (Å²) in [7, 11) is 0. The molecule has 1 fully saturated rings. The van der Waals surface area contributed by atoms with Crippen LogP contribution in [-0.4, -0.2) is 34.7 Å². The molecule has 3 atom stereocenters. The Kier molecular flexibility index (Phi) is 7.00. The zero-order valence-electron chi connectivity index (χ0n) is 14.7. The van der Waals surface area contributed by atoms with E-state index >= 15 is 0 Å². The first-order chi connectivity index (χ1) is 9.44. The third-order valence-corrected chi connectivity index (χ3v) is 5.83. The fraction of sp³-hybridized carbons (Fsp3) is 1.00. The lowest BCUT2D eigenvalue weighted by molar-refractivity contribution is -0.0794. The molecule has 0 bridgehead atoms. The van der Waals surface area contributed by atoms with Gasteiger partial charge in [0.25, 0.3) is 0 Å². The fourth-order valence-corrected chi connectivity index (χ4v) is 4.86. The molecule has 0 aromatic rings. The molecule has 0 amide bonds. The van der Waals surface area contributed by atoms with Gasteiger partial charge in [0.15, 0.2) is 0 Å². The van der Waals surface area contributed by atoms with Gasteiger partial charge in [-0.05, 0) is 62.9 Å². The Bertz CT molecular complexity index is 261. The van der Waals surface area contributed by atoms with Crippen molar-refractivity contribution in [1.82, 2.24) is 4.90 Å². The molecule has 1 saturated carbocycles. The molecule has 0 aliphatic heterocycles. The molecule has 2 nitrogen and oxygen atoms in total. The van der Waals surface area contributed by atoms with Crippen molar-refractivity contribution in [3.63, 3.8) is 0 Å². The second kappa shape index (κ2) is 7.79. The summed E-state index contributed by atoms with van der Waals surface area (Å²) in [6.07, 6.45) is 5.66. The molecule has 120 valence electrons. The van der Waals surface area contributed by atoms with Crippen molar-refractivity contribution < 1.29 is 5.11 Å². The van der Waals surface area contributed by atoms with Crippen LogP contribution in [0, 0.1) is 17.8 Å². The Labute approximate surface area is 126 Å². The van der Waals surface area contributed by atoms with Crippen LogP contribution in [0.25, 0.3) is 0 Å². The van der Waals surface area contributed by atoms with E-state index in [1.165, 1.54) is 19.3 Å². The standard InChI is InChI=1S/C18H37NO/c1-7-18(8-2,19(9-3)10-4)17(20)16-12-14(5)11-15(6)13-16/h14-17,20H,7-13H2,1-6H3. The van der Waals surface area contributed by atoms with Gasteiger partial charge in [0, 0.05) is 5.54 Å². The summed E-state index contributed by atoms with van der Waals surface area (Å²) in [6.45, 7) is 15.7. The monoisotopic (exact) mass is 283 g/mol. The second-order valence-electron chi connectivity index (χ2n) is 7.11. The first-order valence-electron chi connectivity index (χ1n) is 8.88. The number of aliphatic hydroxyl groups excluding tert-OH is 1. The van der Waals surface area contributed by atoms with Gasteiger partial charge < -0.3 is 5.11 Å². The Balaban J connectivity index is 2.95. The molecule has 0 heterocycles. The molecule has 20 heavy (non-hydrogen) atoms. The van der Waals surface area contributed by atoms with Crippen molar-refractivity contribution in [2.24, 2.45) is 17.8 Å². The highest BCUT2D eigenvalue weighted by Crippen LogP contribution is 2.41. The number of hydrogen-bond acceptors (Lipinski definition) is 2. The minimum Gasteiger partial charge on any atom is -0.391 e. The lowest BCUT2D eigenvalue weighted by Crippen LogP contribution is -2.59. The molecule has 0 saturated heterocycles. The number of likely N-dealkylation sites (N-methyl/N-ethyl adjacent to an activating group) is 1. The molecule has 0 radical (unpaired) electrons. The predicted octanol–water partition coefficient (Wildman–Crippen LogP) is 4.32. The van der Waals surface area contributed by atoms with Crippen molar-refractivity contribution in [2.45, 2.75) is 85.3 Å². The molecular formula is C18H37NO. The van der Waals surface area contributed by atoms with E-state index in [9.17, 15) is 5.11 Å². The van der Waals surface area contributed by atoms with Crippen LogP contribution in [0.5, 0.6) is 0 Å². The SMILES string of the molecule is CCN(CC)C(CC)(CC)C(O)C1CC(C)CC(C)C1. The van der Waals surface area contributed by atoms with Gasteiger partial charge in [0.1, 0.15) is 0 Å². The van der Waals surface area contributed by atoms with Crippen LogP contribution in [0.2, 0.25) is 0 Å². The highest BCUT2D eigenvalue weighted by molar-refractivity contribution is 4.98. The Hall–Kier alpha value is -0.0800. The van der Waals surface area contributed by atoms with Crippen LogP contribution < -0.4 is 0 Å². The number of nitrogens with zero attached hydrogens (tertiary/aromatic N) is 1. The van der Waals surface area contributed by atoms with E-state index in [-0.39, 0.29) is 11.6 Å². The summed E-state index contributed by atoms with van der Waals surface area (Å²) in [6, 6.07) is 0. The average molecular weight is 284 g/mol. The summed E-state index contributed by atoms with van der Waals surface area (Å²) in [5.41, 5.74) is -0.0229. The Morgan fingerprint density at radius 3 is 1.75 bits per heavy atom. The van der Waals surface area contributed by atoms with Crippen molar-refractivity contribution in [2.75, 3.05) is 13.1 Å². The molecule has 1 rings (SSSR count). The number of rotatable bonds is 7. The van der Waals surface area contributed by atoms with Gasteiger partial charge in [-0.1, -0.05) is 41.5 Å². The first kappa shape index (κ1) is 18.0. The van der Waals surface area contributed by atoms with Gasteiger partial charge >= 0.3 is 0 Å². The predicted molar refractivity (Wildman–Crippen MR) is 87.9 cm³/mol. The van der Waals surface area contributed by atoms with Gasteiger partial charge in [0.05, 0.1) is 6.10 Å². The molecule has 1 aliphatic rings. The topological polar surface area (TPSA) is 23.5 Å². The fourth-order valence-electron chi connectivity index (χ4n) is 4.86. The van der Waals surface area contributed by atoms with Crippen molar-refractivity contribution >= 4 is 0 Å². The minimum atomic E-state index is -0.178. The summed E-state index contributed by atoms with van der Waals surface area (Å²) in [5, 5.41) is 11.2. The zero-order chi connectivity index (χ0) is 15.3. The normalized spacial score (nSPS) is 29.7. The van der Waals surface area contributed by atoms with E-state index < -0.39 is 0 Å².